The van der Waals surface area contributed by atoms with Crippen LogP contribution in [-0.2, 0) is 0 Å². The van der Waals surface area contributed by atoms with E-state index >= 15 is 0 Å². The Morgan fingerprint density at radius 1 is 1.58 bits per heavy atom. The number of methoxy groups -OCH3 is 1. The number of carbonyl (C=O) groups excluding carboxylic acids is 1. The van der Waals surface area contributed by atoms with Crippen LogP contribution in [0.2, 0.25) is 0 Å². The molecule has 1 N–H and O–H groups in total. The number of nitro groups is 1. The highest BCUT2D eigenvalue weighted by atomic mass is 35.5. The number of nitrogens with zero attached hydrogens (tertiary/aromatic N) is 1. The lowest BCUT2D eigenvalue weighted by Gasteiger charge is -2.09. The van der Waals surface area contributed by atoms with E-state index in [2.05, 4.69) is 5.32 Å². The van der Waals surface area contributed by atoms with Crippen LogP contribution in [0.25, 0.3) is 0 Å². The molecule has 19 heavy (non-hydrogen) atoms. The number of alkyl halides is 1. The molecule has 1 unspecified atom stereocenters. The minimum atomic E-state index is -0.587. The Hall–Kier alpha value is -1.82. The lowest BCUT2D eigenvalue weighted by molar-refractivity contribution is -0.385. The van der Waals surface area contributed by atoms with Gasteiger partial charge in [-0.25, -0.2) is 0 Å². The van der Waals surface area contributed by atoms with Crippen molar-refractivity contribution in [3.63, 3.8) is 0 Å². The molecule has 0 aromatic heterocycles. The summed E-state index contributed by atoms with van der Waals surface area (Å²) in [5.41, 5.74) is -0.0974. The average Bonchev–Trinajstić information content (AvgIpc) is 2.36. The van der Waals surface area contributed by atoms with E-state index in [1.807, 2.05) is 6.92 Å². The normalized spacial score (nSPS) is 11.7. The first-order chi connectivity index (χ1) is 8.97. The third kappa shape index (κ3) is 4.10. The molecule has 1 atom stereocenters. The number of para-hydroxylation sites is 1. The van der Waals surface area contributed by atoms with Crippen molar-refractivity contribution in [1.29, 1.82) is 0 Å². The van der Waals surface area contributed by atoms with Crippen molar-refractivity contribution in [2.24, 2.45) is 0 Å². The van der Waals surface area contributed by atoms with Crippen LogP contribution in [0.4, 0.5) is 5.69 Å². The molecule has 0 spiro atoms. The van der Waals surface area contributed by atoms with Crippen LogP contribution < -0.4 is 10.1 Å². The second-order valence-electron chi connectivity index (χ2n) is 3.94. The average molecular weight is 287 g/mol. The van der Waals surface area contributed by atoms with Gasteiger partial charge in [-0.3, -0.25) is 14.9 Å². The molecule has 0 heterocycles. The third-order valence-electron chi connectivity index (χ3n) is 2.47. The molecule has 0 bridgehead atoms. The predicted octanol–water partition coefficient (Wildman–Crippen LogP) is 2.35. The molecule has 0 aliphatic rings. The number of nitro benzene ring substituents is 1. The standard InChI is InChI=1S/C12H15ClN2O4/c1-8(13)6-7-14-12(16)9-4-3-5-10(15(17)18)11(9)19-2/h3-5,8H,6-7H2,1-2H3,(H,14,16). The summed E-state index contributed by atoms with van der Waals surface area (Å²) >= 11 is 5.77. The monoisotopic (exact) mass is 286 g/mol. The van der Waals surface area contributed by atoms with Gasteiger partial charge < -0.3 is 10.1 Å². The van der Waals surface area contributed by atoms with E-state index in [1.54, 1.807) is 0 Å². The molecule has 0 radical (unpaired) electrons. The van der Waals surface area contributed by atoms with E-state index in [0.717, 1.165) is 0 Å². The van der Waals surface area contributed by atoms with Gasteiger partial charge in [0, 0.05) is 18.0 Å². The summed E-state index contributed by atoms with van der Waals surface area (Å²) < 4.78 is 4.96. The number of nitrogens with one attached hydrogen (secondary N) is 1. The van der Waals surface area contributed by atoms with E-state index in [0.29, 0.717) is 13.0 Å². The fraction of sp³-hybridized carbons (Fsp3) is 0.417. The van der Waals surface area contributed by atoms with Crippen LogP contribution in [0, 0.1) is 10.1 Å². The molecule has 0 fully saturated rings. The fourth-order valence-corrected chi connectivity index (χ4v) is 1.65. The van der Waals surface area contributed by atoms with Crippen molar-refractivity contribution in [2.75, 3.05) is 13.7 Å². The highest BCUT2D eigenvalue weighted by Gasteiger charge is 2.22. The summed E-state index contributed by atoms with van der Waals surface area (Å²) in [5, 5.41) is 13.4. The van der Waals surface area contributed by atoms with Crippen molar-refractivity contribution in [2.45, 2.75) is 18.7 Å². The van der Waals surface area contributed by atoms with E-state index in [-0.39, 0.29) is 22.4 Å². The zero-order chi connectivity index (χ0) is 14.4. The quantitative estimate of drug-likeness (QED) is 0.494. The first-order valence-corrected chi connectivity index (χ1v) is 6.14. The van der Waals surface area contributed by atoms with Crippen molar-refractivity contribution in [1.82, 2.24) is 5.32 Å². The minimum absolute atomic E-state index is 0.0380. The van der Waals surface area contributed by atoms with E-state index in [1.165, 1.54) is 25.3 Å². The van der Waals surface area contributed by atoms with Gasteiger partial charge in [0.2, 0.25) is 5.75 Å². The molecule has 1 aromatic carbocycles. The lowest BCUT2D eigenvalue weighted by atomic mass is 10.1. The van der Waals surface area contributed by atoms with Gasteiger partial charge in [0.15, 0.2) is 0 Å². The SMILES string of the molecule is COc1c(C(=O)NCCC(C)Cl)cccc1[N+](=O)[O-]. The zero-order valence-electron chi connectivity index (χ0n) is 10.7. The Balaban J connectivity index is 2.90. The summed E-state index contributed by atoms with van der Waals surface area (Å²) in [6, 6.07) is 4.21. The molecule has 0 saturated carbocycles. The molecule has 104 valence electrons. The Morgan fingerprint density at radius 3 is 2.79 bits per heavy atom. The third-order valence-corrected chi connectivity index (χ3v) is 2.69. The topological polar surface area (TPSA) is 81.5 Å². The molecule has 6 nitrogen and oxygen atoms in total. The van der Waals surface area contributed by atoms with Crippen LogP contribution in [0.3, 0.4) is 0 Å². The number of ether oxygens (including phenoxy) is 1. The fourth-order valence-electron chi connectivity index (χ4n) is 1.54. The maximum absolute atomic E-state index is 11.9. The van der Waals surface area contributed by atoms with Gasteiger partial charge in [-0.2, -0.15) is 0 Å². The van der Waals surface area contributed by atoms with Crippen LogP contribution >= 0.6 is 11.6 Å². The molecule has 0 saturated heterocycles. The number of rotatable bonds is 6. The first-order valence-electron chi connectivity index (χ1n) is 5.71. The summed E-state index contributed by atoms with van der Waals surface area (Å²) in [5.74, 6) is -0.457. The van der Waals surface area contributed by atoms with Crippen LogP contribution in [-0.4, -0.2) is 29.9 Å². The van der Waals surface area contributed by atoms with Crippen molar-refractivity contribution < 1.29 is 14.5 Å². The van der Waals surface area contributed by atoms with Gasteiger partial charge in [-0.1, -0.05) is 6.07 Å². The highest BCUT2D eigenvalue weighted by molar-refractivity contribution is 6.20. The summed E-state index contributed by atoms with van der Waals surface area (Å²) in [6.45, 7) is 2.22. The Kier molecular flexibility index (Phi) is 5.57. The minimum Gasteiger partial charge on any atom is -0.490 e. The zero-order valence-corrected chi connectivity index (χ0v) is 11.4. The molecular weight excluding hydrogens is 272 g/mol. The van der Waals surface area contributed by atoms with E-state index in [4.69, 9.17) is 16.3 Å². The van der Waals surface area contributed by atoms with E-state index < -0.39 is 10.8 Å². The second-order valence-corrected chi connectivity index (χ2v) is 4.69. The van der Waals surface area contributed by atoms with Gasteiger partial charge in [0.05, 0.1) is 17.6 Å². The lowest BCUT2D eigenvalue weighted by Crippen LogP contribution is -2.26. The number of hydrogen-bond acceptors (Lipinski definition) is 4. The van der Waals surface area contributed by atoms with Gasteiger partial charge in [-0.15, -0.1) is 11.6 Å². The van der Waals surface area contributed by atoms with E-state index in [9.17, 15) is 14.9 Å². The van der Waals surface area contributed by atoms with Crippen LogP contribution in [0.15, 0.2) is 18.2 Å². The van der Waals surface area contributed by atoms with Gasteiger partial charge >= 0.3 is 5.69 Å². The number of halogens is 1. The Morgan fingerprint density at radius 2 is 2.26 bits per heavy atom. The summed E-state index contributed by atoms with van der Waals surface area (Å²) in [4.78, 5) is 22.2. The smallest absolute Gasteiger partial charge is 0.311 e. The number of amides is 1. The molecule has 7 heteroatoms. The Bertz CT molecular complexity index is 477. The largest absolute Gasteiger partial charge is 0.490 e. The van der Waals surface area contributed by atoms with Crippen molar-refractivity contribution in [3.8, 4) is 5.75 Å². The maximum atomic E-state index is 11.9. The number of hydrogen-bond donors (Lipinski definition) is 1. The van der Waals surface area contributed by atoms with Crippen molar-refractivity contribution >= 4 is 23.2 Å². The van der Waals surface area contributed by atoms with Gasteiger partial charge in [0.25, 0.3) is 5.91 Å². The Labute approximate surface area is 115 Å². The maximum Gasteiger partial charge on any atom is 0.311 e. The van der Waals surface area contributed by atoms with Crippen LogP contribution in [0.5, 0.6) is 5.75 Å². The molecule has 1 rings (SSSR count). The molecule has 1 amide bonds. The summed E-state index contributed by atoms with van der Waals surface area (Å²) in [6.07, 6.45) is 0.616. The van der Waals surface area contributed by atoms with Gasteiger partial charge in [0.1, 0.15) is 0 Å². The molecule has 0 aliphatic carbocycles. The first kappa shape index (κ1) is 15.2. The summed E-state index contributed by atoms with van der Waals surface area (Å²) in [7, 11) is 1.29. The molecule has 1 aromatic rings. The van der Waals surface area contributed by atoms with Crippen LogP contribution in [0.1, 0.15) is 23.7 Å². The highest BCUT2D eigenvalue weighted by Crippen LogP contribution is 2.30. The molecule has 0 aliphatic heterocycles. The second kappa shape index (κ2) is 6.94. The molecular formula is C12H15ClN2O4. The van der Waals surface area contributed by atoms with Gasteiger partial charge in [-0.05, 0) is 19.4 Å². The number of benzene rings is 1. The predicted molar refractivity (Wildman–Crippen MR) is 71.9 cm³/mol. The number of carbonyl (C=O) groups is 1. The van der Waals surface area contributed by atoms with Crippen molar-refractivity contribution in [3.05, 3.63) is 33.9 Å².